The molecule has 0 fully saturated rings. The van der Waals surface area contributed by atoms with Gasteiger partial charge < -0.3 is 10.0 Å². The van der Waals surface area contributed by atoms with E-state index < -0.39 is 0 Å². The van der Waals surface area contributed by atoms with E-state index in [1.54, 1.807) is 11.3 Å². The monoisotopic (exact) mass is 315 g/mol. The number of hydrogen-bond donors (Lipinski definition) is 1. The van der Waals surface area contributed by atoms with Gasteiger partial charge in [-0.05, 0) is 44.5 Å². The van der Waals surface area contributed by atoms with E-state index in [-0.39, 0.29) is 6.10 Å². The van der Waals surface area contributed by atoms with Crippen LogP contribution in [0.3, 0.4) is 0 Å². The minimum Gasteiger partial charge on any atom is -0.388 e. The third kappa shape index (κ3) is 6.61. The Bertz CT molecular complexity index is 359. The molecule has 116 valence electrons. The highest BCUT2D eigenvalue weighted by Gasteiger charge is 2.13. The van der Waals surface area contributed by atoms with Crippen molar-refractivity contribution in [2.45, 2.75) is 62.5 Å². The summed E-state index contributed by atoms with van der Waals surface area (Å²) >= 11 is 3.62. The van der Waals surface area contributed by atoms with Crippen molar-refractivity contribution in [2.75, 3.05) is 19.6 Å². The van der Waals surface area contributed by atoms with Crippen molar-refractivity contribution in [2.24, 2.45) is 0 Å². The van der Waals surface area contributed by atoms with Crippen LogP contribution < -0.4 is 0 Å². The molecule has 0 aliphatic heterocycles. The van der Waals surface area contributed by atoms with Crippen molar-refractivity contribution in [1.29, 1.82) is 0 Å². The number of rotatable bonds is 10. The Morgan fingerprint density at radius 3 is 2.35 bits per heavy atom. The maximum atomic E-state index is 10.3. The van der Waals surface area contributed by atoms with Gasteiger partial charge in [-0.2, -0.15) is 0 Å². The molecule has 4 heteroatoms. The summed E-state index contributed by atoms with van der Waals surface area (Å²) < 4.78 is 1.31. The van der Waals surface area contributed by atoms with Gasteiger partial charge in [0.15, 0.2) is 0 Å². The molecule has 2 nitrogen and oxygen atoms in total. The first-order valence-electron chi connectivity index (χ1n) is 7.73. The fourth-order valence-electron chi connectivity index (χ4n) is 2.22. The van der Waals surface area contributed by atoms with E-state index >= 15 is 0 Å². The lowest BCUT2D eigenvalue weighted by Crippen LogP contribution is -2.27. The quantitative estimate of drug-likeness (QED) is 0.628. The molecule has 1 atom stereocenters. The van der Waals surface area contributed by atoms with Crippen molar-refractivity contribution in [3.05, 3.63) is 17.0 Å². The minimum atomic E-state index is -0.308. The standard InChI is InChI=1S/C16H29NOS2/c1-5-10-17(11-6-2)12-9-14(18)15-7-8-16(20-15)19-13(3)4/h7-8,13-14,18H,5-6,9-12H2,1-4H3. The highest BCUT2D eigenvalue weighted by Crippen LogP contribution is 2.34. The Morgan fingerprint density at radius 2 is 1.80 bits per heavy atom. The van der Waals surface area contributed by atoms with Crippen LogP contribution in [-0.4, -0.2) is 34.9 Å². The molecule has 0 spiro atoms. The number of hydrogen-bond acceptors (Lipinski definition) is 4. The summed E-state index contributed by atoms with van der Waals surface area (Å²) in [5, 5.41) is 10.9. The van der Waals surface area contributed by atoms with Gasteiger partial charge in [0.1, 0.15) is 0 Å². The molecule has 1 N–H and O–H groups in total. The Balaban J connectivity index is 2.44. The predicted octanol–water partition coefficient (Wildman–Crippen LogP) is 4.79. The second kappa shape index (κ2) is 9.82. The van der Waals surface area contributed by atoms with Gasteiger partial charge in [0.25, 0.3) is 0 Å². The molecule has 0 aromatic carbocycles. The normalized spacial score (nSPS) is 13.3. The van der Waals surface area contributed by atoms with Gasteiger partial charge in [0.2, 0.25) is 0 Å². The van der Waals surface area contributed by atoms with Gasteiger partial charge in [0.05, 0.1) is 10.3 Å². The maximum Gasteiger partial charge on any atom is 0.0894 e. The second-order valence-corrected chi connectivity index (χ2v) is 8.46. The summed E-state index contributed by atoms with van der Waals surface area (Å²) in [6.45, 7) is 12.1. The number of nitrogens with zero attached hydrogens (tertiary/aromatic N) is 1. The van der Waals surface area contributed by atoms with Crippen LogP contribution >= 0.6 is 23.1 Å². The van der Waals surface area contributed by atoms with Gasteiger partial charge >= 0.3 is 0 Å². The Hall–Kier alpha value is -0.0300. The zero-order chi connectivity index (χ0) is 15.0. The molecular weight excluding hydrogens is 286 g/mol. The number of aliphatic hydroxyl groups excluding tert-OH is 1. The van der Waals surface area contributed by atoms with E-state index in [1.165, 1.54) is 17.1 Å². The summed E-state index contributed by atoms with van der Waals surface area (Å²) in [5.41, 5.74) is 0. The van der Waals surface area contributed by atoms with E-state index in [0.717, 1.165) is 30.9 Å². The van der Waals surface area contributed by atoms with Crippen LogP contribution in [0.5, 0.6) is 0 Å². The van der Waals surface area contributed by atoms with Crippen LogP contribution in [0.1, 0.15) is 57.9 Å². The molecule has 0 radical (unpaired) electrons. The Labute approximate surface area is 132 Å². The van der Waals surface area contributed by atoms with Crippen LogP contribution in [0.4, 0.5) is 0 Å². The molecule has 20 heavy (non-hydrogen) atoms. The lowest BCUT2D eigenvalue weighted by Gasteiger charge is -2.22. The average Bonchev–Trinajstić information content (AvgIpc) is 2.83. The molecular formula is C16H29NOS2. The molecule has 0 saturated heterocycles. The minimum absolute atomic E-state index is 0.308. The van der Waals surface area contributed by atoms with E-state index in [1.807, 2.05) is 11.8 Å². The van der Waals surface area contributed by atoms with Gasteiger partial charge in [0, 0.05) is 16.7 Å². The molecule has 0 bridgehead atoms. The molecule has 0 aliphatic rings. The van der Waals surface area contributed by atoms with Gasteiger partial charge in [-0.3, -0.25) is 0 Å². The number of thioether (sulfide) groups is 1. The first kappa shape index (κ1) is 18.0. The average molecular weight is 316 g/mol. The van der Waals surface area contributed by atoms with Crippen LogP contribution in [0.25, 0.3) is 0 Å². The van der Waals surface area contributed by atoms with Crippen LogP contribution in [-0.2, 0) is 0 Å². The highest BCUT2D eigenvalue weighted by molar-refractivity contribution is 8.01. The molecule has 1 unspecified atom stereocenters. The van der Waals surface area contributed by atoms with Crippen LogP contribution in [0.2, 0.25) is 0 Å². The lowest BCUT2D eigenvalue weighted by molar-refractivity contribution is 0.144. The summed E-state index contributed by atoms with van der Waals surface area (Å²) in [6, 6.07) is 4.23. The van der Waals surface area contributed by atoms with Gasteiger partial charge in [-0.15, -0.1) is 23.1 Å². The summed E-state index contributed by atoms with van der Waals surface area (Å²) in [6.07, 6.45) is 2.90. The molecule has 1 rings (SSSR count). The van der Waals surface area contributed by atoms with E-state index in [9.17, 15) is 5.11 Å². The summed E-state index contributed by atoms with van der Waals surface area (Å²) in [7, 11) is 0. The predicted molar refractivity (Wildman–Crippen MR) is 91.9 cm³/mol. The third-order valence-corrected chi connectivity index (χ3v) is 5.44. The number of aliphatic hydroxyl groups is 1. The molecule has 0 saturated carbocycles. The maximum absolute atomic E-state index is 10.3. The second-order valence-electron chi connectivity index (χ2n) is 5.47. The first-order chi connectivity index (χ1) is 9.56. The largest absolute Gasteiger partial charge is 0.388 e. The first-order valence-corrected chi connectivity index (χ1v) is 9.43. The van der Waals surface area contributed by atoms with Crippen molar-refractivity contribution in [3.8, 4) is 0 Å². The SMILES string of the molecule is CCCN(CCC)CCC(O)c1ccc(SC(C)C)s1. The van der Waals surface area contributed by atoms with Gasteiger partial charge in [-0.1, -0.05) is 27.7 Å². The van der Waals surface area contributed by atoms with Crippen molar-refractivity contribution in [1.82, 2.24) is 4.90 Å². The zero-order valence-electron chi connectivity index (χ0n) is 13.3. The van der Waals surface area contributed by atoms with E-state index in [2.05, 4.69) is 44.7 Å². The summed E-state index contributed by atoms with van der Waals surface area (Å²) in [5.74, 6) is 0. The van der Waals surface area contributed by atoms with Crippen molar-refractivity contribution >= 4 is 23.1 Å². The zero-order valence-corrected chi connectivity index (χ0v) is 14.9. The lowest BCUT2D eigenvalue weighted by atomic mass is 10.2. The molecule has 1 aromatic rings. The molecule has 0 aliphatic carbocycles. The van der Waals surface area contributed by atoms with Crippen molar-refractivity contribution < 1.29 is 5.11 Å². The molecule has 1 aromatic heterocycles. The fourth-order valence-corrected chi connectivity index (χ4v) is 4.65. The fraction of sp³-hybridized carbons (Fsp3) is 0.750. The Morgan fingerprint density at radius 1 is 1.15 bits per heavy atom. The summed E-state index contributed by atoms with van der Waals surface area (Å²) in [4.78, 5) is 3.57. The van der Waals surface area contributed by atoms with E-state index in [0.29, 0.717) is 5.25 Å². The molecule has 1 heterocycles. The van der Waals surface area contributed by atoms with Crippen LogP contribution in [0, 0.1) is 0 Å². The van der Waals surface area contributed by atoms with Crippen molar-refractivity contribution in [3.63, 3.8) is 0 Å². The third-order valence-electron chi connectivity index (χ3n) is 3.08. The highest BCUT2D eigenvalue weighted by atomic mass is 32.2. The van der Waals surface area contributed by atoms with E-state index in [4.69, 9.17) is 0 Å². The van der Waals surface area contributed by atoms with Gasteiger partial charge in [-0.25, -0.2) is 0 Å². The topological polar surface area (TPSA) is 23.5 Å². The Kier molecular flexibility index (Phi) is 8.85. The van der Waals surface area contributed by atoms with Crippen LogP contribution in [0.15, 0.2) is 16.3 Å². The smallest absolute Gasteiger partial charge is 0.0894 e. The molecule has 0 amide bonds. The number of thiophene rings is 1.